The van der Waals surface area contributed by atoms with Crippen molar-refractivity contribution < 1.29 is 34.8 Å². The van der Waals surface area contributed by atoms with E-state index in [0.29, 0.717) is 5.56 Å². The predicted molar refractivity (Wildman–Crippen MR) is 61.7 cm³/mol. The summed E-state index contributed by atoms with van der Waals surface area (Å²) in [5, 5.41) is 36.6. The Labute approximate surface area is 107 Å². The number of aliphatic hydroxyl groups is 2. The Morgan fingerprint density at radius 3 is 2.11 bits per heavy atom. The van der Waals surface area contributed by atoms with Gasteiger partial charge in [0, 0.05) is 5.56 Å². The van der Waals surface area contributed by atoms with Gasteiger partial charge in [-0.05, 0) is 12.5 Å². The summed E-state index contributed by atoms with van der Waals surface area (Å²) in [7, 11) is 0. The molecule has 4 N–H and O–H groups in total. The zero-order valence-corrected chi connectivity index (χ0v) is 9.90. The Kier molecular flexibility index (Phi) is 4.03. The molecule has 0 spiro atoms. The zero-order valence-electron chi connectivity index (χ0n) is 9.90. The molecule has 2 atom stereocenters. The summed E-state index contributed by atoms with van der Waals surface area (Å²) in [6.07, 6.45) is -2.77. The Hall–Kier alpha value is -2.25. The van der Waals surface area contributed by atoms with Crippen molar-refractivity contribution in [3.8, 4) is 0 Å². The number of carbonyl (C=O) groups is 3. The van der Waals surface area contributed by atoms with E-state index >= 15 is 0 Å². The number of hydrogen-bond acceptors (Lipinski definition) is 5. The van der Waals surface area contributed by atoms with Gasteiger partial charge < -0.3 is 20.4 Å². The highest BCUT2D eigenvalue weighted by Crippen LogP contribution is 2.21. The van der Waals surface area contributed by atoms with Gasteiger partial charge >= 0.3 is 11.9 Å². The molecule has 0 aromatic heterocycles. The van der Waals surface area contributed by atoms with Crippen molar-refractivity contribution >= 4 is 17.7 Å². The molecular weight excluding hydrogens is 256 g/mol. The Bertz CT molecular complexity index is 537. The van der Waals surface area contributed by atoms with Crippen LogP contribution in [-0.2, 0) is 9.59 Å². The maximum atomic E-state index is 12.0. The van der Waals surface area contributed by atoms with E-state index in [1.165, 1.54) is 25.1 Å². The fourth-order valence-corrected chi connectivity index (χ4v) is 1.55. The van der Waals surface area contributed by atoms with E-state index in [9.17, 15) is 24.6 Å². The number of ketones is 1. The summed E-state index contributed by atoms with van der Waals surface area (Å²) in [5.41, 5.74) is -3.25. The van der Waals surface area contributed by atoms with Crippen molar-refractivity contribution in [3.05, 3.63) is 35.4 Å². The average molecular weight is 268 g/mol. The third kappa shape index (κ3) is 2.47. The molecule has 102 valence electrons. The SMILES string of the molecule is Cc1ccccc1C(=O)C(O)(C(=O)O)C(O)C(=O)O. The van der Waals surface area contributed by atoms with Crippen LogP contribution in [0.15, 0.2) is 24.3 Å². The van der Waals surface area contributed by atoms with Gasteiger partial charge in [-0.2, -0.15) is 0 Å². The summed E-state index contributed by atoms with van der Waals surface area (Å²) in [6.45, 7) is 1.49. The first-order valence-electron chi connectivity index (χ1n) is 5.20. The molecule has 7 heteroatoms. The van der Waals surface area contributed by atoms with Gasteiger partial charge in [0.1, 0.15) is 0 Å². The molecule has 2 unspecified atom stereocenters. The van der Waals surface area contributed by atoms with Crippen LogP contribution in [0.2, 0.25) is 0 Å². The fourth-order valence-electron chi connectivity index (χ4n) is 1.55. The molecule has 0 amide bonds. The molecule has 7 nitrogen and oxygen atoms in total. The number of rotatable bonds is 5. The van der Waals surface area contributed by atoms with E-state index in [4.69, 9.17) is 10.2 Å². The molecule has 1 rings (SSSR count). The molecule has 0 heterocycles. The van der Waals surface area contributed by atoms with E-state index in [1.54, 1.807) is 6.07 Å². The van der Waals surface area contributed by atoms with Crippen LogP contribution in [0, 0.1) is 6.92 Å². The molecule has 1 aromatic rings. The normalized spacial score (nSPS) is 15.3. The lowest BCUT2D eigenvalue weighted by Crippen LogP contribution is -2.59. The summed E-state index contributed by atoms with van der Waals surface area (Å²) < 4.78 is 0. The van der Waals surface area contributed by atoms with E-state index in [2.05, 4.69) is 0 Å². The lowest BCUT2D eigenvalue weighted by atomic mass is 9.86. The van der Waals surface area contributed by atoms with E-state index < -0.39 is 29.4 Å². The first-order valence-corrected chi connectivity index (χ1v) is 5.20. The molecule has 0 fully saturated rings. The van der Waals surface area contributed by atoms with Gasteiger partial charge in [-0.15, -0.1) is 0 Å². The number of benzene rings is 1. The second-order valence-electron chi connectivity index (χ2n) is 3.96. The fraction of sp³-hybridized carbons (Fsp3) is 0.250. The van der Waals surface area contributed by atoms with E-state index in [0.717, 1.165) is 0 Å². The molecule has 1 aromatic carbocycles. The highest BCUT2D eigenvalue weighted by Gasteiger charge is 2.54. The van der Waals surface area contributed by atoms with Crippen LogP contribution in [-0.4, -0.2) is 49.9 Å². The van der Waals surface area contributed by atoms with Crippen molar-refractivity contribution in [1.29, 1.82) is 0 Å². The summed E-state index contributed by atoms with van der Waals surface area (Å²) in [5.74, 6) is -5.52. The largest absolute Gasteiger partial charge is 0.479 e. The van der Waals surface area contributed by atoms with Gasteiger partial charge in [0.05, 0.1) is 0 Å². The minimum absolute atomic E-state index is 0.173. The molecule has 0 radical (unpaired) electrons. The summed E-state index contributed by atoms with van der Waals surface area (Å²) in [6, 6.07) is 5.73. The zero-order chi connectivity index (χ0) is 14.8. The van der Waals surface area contributed by atoms with Crippen LogP contribution in [0.1, 0.15) is 15.9 Å². The smallest absolute Gasteiger partial charge is 0.347 e. The van der Waals surface area contributed by atoms with Crippen molar-refractivity contribution in [2.24, 2.45) is 0 Å². The van der Waals surface area contributed by atoms with Crippen molar-refractivity contribution in [2.75, 3.05) is 0 Å². The number of aliphatic hydroxyl groups excluding tert-OH is 1. The third-order valence-electron chi connectivity index (χ3n) is 2.69. The Morgan fingerprint density at radius 1 is 1.16 bits per heavy atom. The van der Waals surface area contributed by atoms with Gasteiger partial charge in [-0.1, -0.05) is 24.3 Å². The molecule has 0 aliphatic rings. The van der Waals surface area contributed by atoms with Crippen LogP contribution in [0.4, 0.5) is 0 Å². The van der Waals surface area contributed by atoms with Crippen molar-refractivity contribution in [3.63, 3.8) is 0 Å². The van der Waals surface area contributed by atoms with Gasteiger partial charge in [0.25, 0.3) is 5.60 Å². The van der Waals surface area contributed by atoms with Gasteiger partial charge in [-0.25, -0.2) is 9.59 Å². The highest BCUT2D eigenvalue weighted by atomic mass is 16.4. The monoisotopic (exact) mass is 268 g/mol. The van der Waals surface area contributed by atoms with Gasteiger partial charge in [0.15, 0.2) is 6.10 Å². The maximum Gasteiger partial charge on any atom is 0.347 e. The minimum atomic E-state index is -3.43. The average Bonchev–Trinajstić information content (AvgIpc) is 2.36. The number of Topliss-reactive ketones (excluding diaryl/α,β-unsaturated/α-hetero) is 1. The lowest BCUT2D eigenvalue weighted by Gasteiger charge is -2.25. The number of carboxylic acid groups (broad SMARTS) is 2. The molecular formula is C12H12O7. The Morgan fingerprint density at radius 2 is 1.68 bits per heavy atom. The molecule has 0 bridgehead atoms. The van der Waals surface area contributed by atoms with Crippen LogP contribution in [0.3, 0.4) is 0 Å². The first-order chi connectivity index (χ1) is 8.72. The topological polar surface area (TPSA) is 132 Å². The Balaban J connectivity index is 3.36. The number of hydrogen-bond donors (Lipinski definition) is 4. The second-order valence-corrected chi connectivity index (χ2v) is 3.96. The number of carboxylic acids is 2. The van der Waals surface area contributed by atoms with Gasteiger partial charge in [-0.3, -0.25) is 4.79 Å². The third-order valence-corrected chi connectivity index (χ3v) is 2.69. The quantitative estimate of drug-likeness (QED) is 0.415. The molecule has 0 saturated heterocycles. The second kappa shape index (κ2) is 5.17. The van der Waals surface area contributed by atoms with Crippen molar-refractivity contribution in [1.82, 2.24) is 0 Å². The summed E-state index contributed by atoms with van der Waals surface area (Å²) >= 11 is 0. The van der Waals surface area contributed by atoms with Crippen LogP contribution in [0.25, 0.3) is 0 Å². The predicted octanol–water partition coefficient (Wildman–Crippen LogP) is -0.561. The summed E-state index contributed by atoms with van der Waals surface area (Å²) in [4.78, 5) is 33.7. The number of carbonyl (C=O) groups excluding carboxylic acids is 1. The minimum Gasteiger partial charge on any atom is -0.479 e. The molecule has 19 heavy (non-hydrogen) atoms. The molecule has 0 aliphatic heterocycles. The molecule has 0 saturated carbocycles. The van der Waals surface area contributed by atoms with Crippen LogP contribution < -0.4 is 0 Å². The van der Waals surface area contributed by atoms with Crippen molar-refractivity contribution in [2.45, 2.75) is 18.6 Å². The van der Waals surface area contributed by atoms with Crippen LogP contribution in [0.5, 0.6) is 0 Å². The van der Waals surface area contributed by atoms with Crippen LogP contribution >= 0.6 is 0 Å². The number of aliphatic carboxylic acids is 2. The van der Waals surface area contributed by atoms with E-state index in [1.807, 2.05) is 0 Å². The van der Waals surface area contributed by atoms with Gasteiger partial charge in [0.2, 0.25) is 5.78 Å². The standard InChI is InChI=1S/C12H12O7/c1-6-4-2-3-5-7(6)8(13)12(19,11(17)18)9(14)10(15)16/h2-5,9,14,19H,1H3,(H,15,16)(H,17,18). The first kappa shape index (κ1) is 14.8. The lowest BCUT2D eigenvalue weighted by molar-refractivity contribution is -0.175. The highest BCUT2D eigenvalue weighted by molar-refractivity contribution is 6.18. The van der Waals surface area contributed by atoms with E-state index in [-0.39, 0.29) is 5.56 Å². The number of aryl methyl sites for hydroxylation is 1. The maximum absolute atomic E-state index is 12.0. The molecule has 0 aliphatic carbocycles.